The molecular weight excluding hydrogens is 481 g/mol. The van der Waals surface area contributed by atoms with Crippen molar-refractivity contribution in [3.05, 3.63) is 59.1 Å². The van der Waals surface area contributed by atoms with Gasteiger partial charge >= 0.3 is 12.0 Å². The van der Waals surface area contributed by atoms with E-state index in [1.54, 1.807) is 55.5 Å². The molecule has 0 radical (unpaired) electrons. The number of anilines is 1. The molecule has 0 aromatic heterocycles. The molecule has 1 saturated heterocycles. The number of carbonyl (C=O) groups excluding carboxylic acids is 3. The van der Waals surface area contributed by atoms with Crippen LogP contribution in [0.25, 0.3) is 0 Å². The smallest absolute Gasteiger partial charge is 0.329 e. The lowest BCUT2D eigenvalue weighted by atomic mass is 9.91. The Balaban J connectivity index is 1.80. The summed E-state index contributed by atoms with van der Waals surface area (Å²) in [6, 6.07) is 12.2. The molecule has 1 aliphatic rings. The van der Waals surface area contributed by atoms with Crippen molar-refractivity contribution in [2.75, 3.05) is 25.2 Å². The molecule has 0 bridgehead atoms. The van der Waals surface area contributed by atoms with Crippen LogP contribution in [0.1, 0.15) is 25.3 Å². The molecule has 3 rings (SSSR count). The summed E-state index contributed by atoms with van der Waals surface area (Å²) in [6.07, 6.45) is 0.633. The van der Waals surface area contributed by atoms with Crippen molar-refractivity contribution in [3.8, 4) is 5.75 Å². The van der Waals surface area contributed by atoms with Crippen LogP contribution in [0.2, 0.25) is 5.02 Å². The Morgan fingerprint density at radius 3 is 2.56 bits per heavy atom. The predicted octanol–water partition coefficient (Wildman–Crippen LogP) is 4.39. The average molecular weight is 508 g/mol. The maximum atomic E-state index is 13.6. The van der Waals surface area contributed by atoms with E-state index in [9.17, 15) is 14.4 Å². The molecule has 0 aliphatic carbocycles. The normalized spacial score (nSPS) is 18.1. The molecule has 1 fully saturated rings. The number of urea groups is 1. The highest BCUT2D eigenvalue weighted by Gasteiger charge is 2.40. The molecule has 2 aromatic carbocycles. The SMILES string of the molecule is CCOC(=O)C1CCN(Cl)C(C(=O)N(C(=O)NCc2ccc(OC)c(Cl)c2)c2ccccc2)C1. The number of halogens is 2. The number of ether oxygens (including phenoxy) is 2. The zero-order valence-electron chi connectivity index (χ0n) is 19.0. The molecule has 0 saturated carbocycles. The molecule has 8 nitrogen and oxygen atoms in total. The number of nitrogens with zero attached hydrogens (tertiary/aromatic N) is 2. The first-order valence-corrected chi connectivity index (χ1v) is 11.7. The van der Waals surface area contributed by atoms with Gasteiger partial charge in [-0.3, -0.25) is 9.59 Å². The number of carbonyl (C=O) groups is 3. The van der Waals surface area contributed by atoms with E-state index >= 15 is 0 Å². The third-order valence-corrected chi connectivity index (χ3v) is 6.24. The summed E-state index contributed by atoms with van der Waals surface area (Å²) in [5.41, 5.74) is 1.12. The lowest BCUT2D eigenvalue weighted by Gasteiger charge is -2.35. The van der Waals surface area contributed by atoms with Crippen molar-refractivity contribution in [1.29, 1.82) is 0 Å². The van der Waals surface area contributed by atoms with Gasteiger partial charge in [-0.15, -0.1) is 0 Å². The predicted molar refractivity (Wildman–Crippen MR) is 130 cm³/mol. The maximum absolute atomic E-state index is 13.6. The minimum Gasteiger partial charge on any atom is -0.495 e. The van der Waals surface area contributed by atoms with E-state index in [0.717, 1.165) is 10.5 Å². The Labute approximate surface area is 208 Å². The van der Waals surface area contributed by atoms with Crippen LogP contribution in [-0.2, 0) is 20.9 Å². The second-order valence-corrected chi connectivity index (χ2v) is 8.59. The highest BCUT2D eigenvalue weighted by Crippen LogP contribution is 2.29. The van der Waals surface area contributed by atoms with E-state index in [1.807, 2.05) is 0 Å². The fourth-order valence-corrected chi connectivity index (χ4v) is 4.32. The van der Waals surface area contributed by atoms with Gasteiger partial charge in [0.1, 0.15) is 11.8 Å². The second-order valence-electron chi connectivity index (χ2n) is 7.75. The maximum Gasteiger partial charge on any atom is 0.329 e. The molecule has 1 aliphatic heterocycles. The summed E-state index contributed by atoms with van der Waals surface area (Å²) < 4.78 is 11.6. The van der Waals surface area contributed by atoms with Crippen LogP contribution in [0.3, 0.4) is 0 Å². The van der Waals surface area contributed by atoms with E-state index in [2.05, 4.69) is 5.32 Å². The summed E-state index contributed by atoms with van der Waals surface area (Å²) in [5, 5.41) is 3.18. The van der Waals surface area contributed by atoms with Gasteiger partial charge < -0.3 is 14.8 Å². The first kappa shape index (κ1) is 25.8. The zero-order chi connectivity index (χ0) is 24.7. The van der Waals surface area contributed by atoms with Gasteiger partial charge in [0.05, 0.1) is 30.3 Å². The molecule has 1 N–H and O–H groups in total. The third-order valence-electron chi connectivity index (χ3n) is 5.54. The first-order chi connectivity index (χ1) is 16.3. The van der Waals surface area contributed by atoms with Crippen LogP contribution in [0.15, 0.2) is 48.5 Å². The van der Waals surface area contributed by atoms with Gasteiger partial charge in [0.25, 0.3) is 5.91 Å². The van der Waals surface area contributed by atoms with Crippen molar-refractivity contribution in [1.82, 2.24) is 9.74 Å². The van der Waals surface area contributed by atoms with Crippen LogP contribution in [0, 0.1) is 5.92 Å². The Morgan fingerprint density at radius 1 is 1.18 bits per heavy atom. The number of hydrogen-bond acceptors (Lipinski definition) is 6. The van der Waals surface area contributed by atoms with Gasteiger partial charge in [0.2, 0.25) is 0 Å². The summed E-state index contributed by atoms with van der Waals surface area (Å²) in [7, 11) is 1.52. The average Bonchev–Trinajstić information content (AvgIpc) is 2.84. The number of benzene rings is 2. The lowest BCUT2D eigenvalue weighted by Crippen LogP contribution is -2.54. The van der Waals surface area contributed by atoms with Gasteiger partial charge in [0, 0.05) is 13.1 Å². The van der Waals surface area contributed by atoms with E-state index in [1.165, 1.54) is 11.5 Å². The Morgan fingerprint density at radius 2 is 1.91 bits per heavy atom. The number of nitrogens with one attached hydrogen (secondary N) is 1. The van der Waals surface area contributed by atoms with Gasteiger partial charge in [-0.1, -0.05) is 35.9 Å². The number of amides is 3. The third kappa shape index (κ3) is 6.20. The fraction of sp³-hybridized carbons (Fsp3) is 0.375. The minimum absolute atomic E-state index is 0.139. The number of esters is 1. The number of para-hydroxylation sites is 1. The van der Waals surface area contributed by atoms with Crippen LogP contribution >= 0.6 is 23.4 Å². The zero-order valence-corrected chi connectivity index (χ0v) is 20.5. The molecule has 34 heavy (non-hydrogen) atoms. The molecule has 2 aromatic rings. The quantitative estimate of drug-likeness (QED) is 0.441. The summed E-state index contributed by atoms with van der Waals surface area (Å²) in [4.78, 5) is 40.1. The van der Waals surface area contributed by atoms with E-state index < -0.39 is 23.9 Å². The molecular formula is C24H27Cl2N3O5. The van der Waals surface area contributed by atoms with Crippen LogP contribution < -0.4 is 15.0 Å². The molecule has 182 valence electrons. The van der Waals surface area contributed by atoms with Gasteiger partial charge in [0.15, 0.2) is 0 Å². The van der Waals surface area contributed by atoms with Crippen LogP contribution in [-0.4, -0.2) is 48.6 Å². The number of imide groups is 1. The van der Waals surface area contributed by atoms with Crippen molar-refractivity contribution in [3.63, 3.8) is 0 Å². The summed E-state index contributed by atoms with van der Waals surface area (Å²) >= 11 is 12.5. The molecule has 0 spiro atoms. The molecule has 10 heteroatoms. The molecule has 2 unspecified atom stereocenters. The van der Waals surface area contributed by atoms with Crippen molar-refractivity contribution in [2.24, 2.45) is 5.92 Å². The van der Waals surface area contributed by atoms with Gasteiger partial charge in [-0.2, -0.15) is 0 Å². The summed E-state index contributed by atoms with van der Waals surface area (Å²) in [5.74, 6) is -0.836. The van der Waals surface area contributed by atoms with E-state index in [4.69, 9.17) is 32.9 Å². The number of hydrogen-bond donors (Lipinski definition) is 1. The Kier molecular flexibility index (Phi) is 9.15. The van der Waals surface area contributed by atoms with Gasteiger partial charge in [-0.05, 0) is 61.4 Å². The fourth-order valence-electron chi connectivity index (χ4n) is 3.78. The molecule has 2 atom stereocenters. The standard InChI is InChI=1S/C24H27Cl2N3O5/c1-3-34-23(31)17-11-12-28(26)20(14-17)22(30)29(18-7-5-4-6-8-18)24(32)27-15-16-9-10-21(33-2)19(25)13-16/h4-10,13,17,20H,3,11-12,14-15H2,1-2H3,(H,27,32). The highest BCUT2D eigenvalue weighted by atomic mass is 35.5. The molecule has 1 heterocycles. The van der Waals surface area contributed by atoms with Crippen molar-refractivity contribution < 1.29 is 23.9 Å². The number of piperidine rings is 1. The van der Waals surface area contributed by atoms with E-state index in [-0.39, 0.29) is 25.5 Å². The largest absolute Gasteiger partial charge is 0.495 e. The van der Waals surface area contributed by atoms with Crippen molar-refractivity contribution >= 4 is 47.0 Å². The number of rotatable bonds is 7. The van der Waals surface area contributed by atoms with Crippen LogP contribution in [0.4, 0.5) is 10.5 Å². The van der Waals surface area contributed by atoms with E-state index in [0.29, 0.717) is 29.4 Å². The lowest BCUT2D eigenvalue weighted by molar-refractivity contribution is -0.150. The molecule has 3 amide bonds. The van der Waals surface area contributed by atoms with Crippen molar-refractivity contribution in [2.45, 2.75) is 32.4 Å². The first-order valence-electron chi connectivity index (χ1n) is 10.9. The highest BCUT2D eigenvalue weighted by molar-refractivity contribution is 6.32. The second kappa shape index (κ2) is 12.1. The summed E-state index contributed by atoms with van der Waals surface area (Å²) in [6.45, 7) is 2.44. The topological polar surface area (TPSA) is 88.2 Å². The monoisotopic (exact) mass is 507 g/mol. The minimum atomic E-state index is -0.869. The van der Waals surface area contributed by atoms with Crippen LogP contribution in [0.5, 0.6) is 5.75 Å². The Bertz CT molecular complexity index is 1020. The Hall–Kier alpha value is -2.81. The van der Waals surface area contributed by atoms with Gasteiger partial charge in [-0.25, -0.2) is 14.1 Å². The number of methoxy groups -OCH3 is 1.